The van der Waals surface area contributed by atoms with Crippen LogP contribution in [0, 0.1) is 0 Å². The Morgan fingerprint density at radius 1 is 1.40 bits per heavy atom. The SMILES string of the molecule is CCN(C(=O)CNC(=O)CN)C(C)C.Cl. The highest BCUT2D eigenvalue weighted by Crippen LogP contribution is 1.97. The van der Waals surface area contributed by atoms with E-state index in [0.29, 0.717) is 6.54 Å². The highest BCUT2D eigenvalue weighted by molar-refractivity contribution is 5.85. The molecule has 0 bridgehead atoms. The molecule has 0 aliphatic rings. The molecule has 0 rings (SSSR count). The normalized spacial score (nSPS) is 9.40. The van der Waals surface area contributed by atoms with Crippen molar-refractivity contribution >= 4 is 24.2 Å². The van der Waals surface area contributed by atoms with Gasteiger partial charge in [-0.3, -0.25) is 9.59 Å². The van der Waals surface area contributed by atoms with Gasteiger partial charge in [-0.05, 0) is 20.8 Å². The number of amides is 2. The lowest BCUT2D eigenvalue weighted by Gasteiger charge is -2.25. The third kappa shape index (κ3) is 6.30. The van der Waals surface area contributed by atoms with Gasteiger partial charge in [-0.2, -0.15) is 0 Å². The van der Waals surface area contributed by atoms with Crippen molar-refractivity contribution in [2.75, 3.05) is 19.6 Å². The largest absolute Gasteiger partial charge is 0.346 e. The first kappa shape index (κ1) is 16.6. The van der Waals surface area contributed by atoms with E-state index >= 15 is 0 Å². The summed E-state index contributed by atoms with van der Waals surface area (Å²) in [5.74, 6) is -0.387. The predicted octanol–water partition coefficient (Wildman–Crippen LogP) is -0.260. The van der Waals surface area contributed by atoms with Crippen LogP contribution in [0.3, 0.4) is 0 Å². The van der Waals surface area contributed by atoms with Crippen LogP contribution in [-0.2, 0) is 9.59 Å². The van der Waals surface area contributed by atoms with Crippen molar-refractivity contribution in [3.05, 3.63) is 0 Å². The molecule has 0 heterocycles. The first-order chi connectivity index (χ1) is 6.52. The molecular formula is C9H20ClN3O2. The number of nitrogens with two attached hydrogens (primary N) is 1. The van der Waals surface area contributed by atoms with Gasteiger partial charge in [-0.25, -0.2) is 0 Å². The third-order valence-electron chi connectivity index (χ3n) is 1.91. The van der Waals surface area contributed by atoms with Crippen molar-refractivity contribution in [3.8, 4) is 0 Å². The van der Waals surface area contributed by atoms with E-state index in [2.05, 4.69) is 5.32 Å². The Hall–Kier alpha value is -0.810. The molecule has 0 fully saturated rings. The molecular weight excluding hydrogens is 218 g/mol. The standard InChI is InChI=1S/C9H19N3O2.ClH/c1-4-12(7(2)3)9(14)6-11-8(13)5-10;/h7H,4-6,10H2,1-3H3,(H,11,13);1H. The number of rotatable bonds is 5. The van der Waals surface area contributed by atoms with Crippen molar-refractivity contribution in [1.29, 1.82) is 0 Å². The maximum atomic E-state index is 11.5. The van der Waals surface area contributed by atoms with Crippen LogP contribution in [0.15, 0.2) is 0 Å². The summed E-state index contributed by atoms with van der Waals surface area (Å²) in [5.41, 5.74) is 5.09. The lowest BCUT2D eigenvalue weighted by atomic mass is 10.3. The number of hydrogen-bond donors (Lipinski definition) is 2. The van der Waals surface area contributed by atoms with E-state index in [1.165, 1.54) is 0 Å². The minimum absolute atomic E-state index is 0. The van der Waals surface area contributed by atoms with Gasteiger partial charge in [-0.1, -0.05) is 0 Å². The molecule has 2 amide bonds. The number of hydrogen-bond acceptors (Lipinski definition) is 3. The second-order valence-electron chi connectivity index (χ2n) is 3.25. The van der Waals surface area contributed by atoms with E-state index < -0.39 is 0 Å². The molecule has 3 N–H and O–H groups in total. The van der Waals surface area contributed by atoms with Crippen LogP contribution in [0.1, 0.15) is 20.8 Å². The predicted molar refractivity (Wildman–Crippen MR) is 61.8 cm³/mol. The minimum Gasteiger partial charge on any atom is -0.346 e. The molecule has 0 aliphatic carbocycles. The molecule has 15 heavy (non-hydrogen) atoms. The molecule has 0 aromatic carbocycles. The second kappa shape index (κ2) is 8.49. The van der Waals surface area contributed by atoms with Crippen LogP contribution >= 0.6 is 12.4 Å². The summed E-state index contributed by atoms with van der Waals surface area (Å²) < 4.78 is 0. The highest BCUT2D eigenvalue weighted by Gasteiger charge is 2.14. The molecule has 0 spiro atoms. The fraction of sp³-hybridized carbons (Fsp3) is 0.778. The Bertz CT molecular complexity index is 210. The minimum atomic E-state index is -0.307. The van der Waals surface area contributed by atoms with Crippen LogP contribution in [0.4, 0.5) is 0 Å². The summed E-state index contributed by atoms with van der Waals surface area (Å²) >= 11 is 0. The number of halogens is 1. The van der Waals surface area contributed by atoms with E-state index in [9.17, 15) is 9.59 Å². The van der Waals surface area contributed by atoms with Crippen LogP contribution in [-0.4, -0.2) is 42.4 Å². The van der Waals surface area contributed by atoms with Gasteiger partial charge >= 0.3 is 0 Å². The van der Waals surface area contributed by atoms with Gasteiger partial charge in [0.15, 0.2) is 0 Å². The molecule has 0 atom stereocenters. The molecule has 0 aliphatic heterocycles. The summed E-state index contributed by atoms with van der Waals surface area (Å²) in [6, 6.07) is 0.155. The van der Waals surface area contributed by atoms with Crippen molar-refractivity contribution < 1.29 is 9.59 Å². The van der Waals surface area contributed by atoms with Crippen molar-refractivity contribution in [2.45, 2.75) is 26.8 Å². The van der Waals surface area contributed by atoms with Crippen LogP contribution < -0.4 is 11.1 Å². The molecule has 0 aromatic heterocycles. The number of nitrogens with zero attached hydrogens (tertiary/aromatic N) is 1. The lowest BCUT2D eigenvalue weighted by Crippen LogP contribution is -2.44. The fourth-order valence-electron chi connectivity index (χ4n) is 1.18. The average molecular weight is 238 g/mol. The Morgan fingerprint density at radius 2 is 1.93 bits per heavy atom. The monoisotopic (exact) mass is 237 g/mol. The zero-order valence-electron chi connectivity index (χ0n) is 9.45. The van der Waals surface area contributed by atoms with E-state index in [4.69, 9.17) is 5.73 Å². The van der Waals surface area contributed by atoms with Crippen molar-refractivity contribution in [3.63, 3.8) is 0 Å². The number of likely N-dealkylation sites (N-methyl/N-ethyl adjacent to an activating group) is 1. The smallest absolute Gasteiger partial charge is 0.242 e. The molecule has 90 valence electrons. The molecule has 5 nitrogen and oxygen atoms in total. The molecule has 0 saturated carbocycles. The molecule has 0 saturated heterocycles. The molecule has 0 aromatic rings. The Kier molecular flexibility index (Phi) is 9.41. The first-order valence-corrected chi connectivity index (χ1v) is 4.79. The second-order valence-corrected chi connectivity index (χ2v) is 3.25. The quantitative estimate of drug-likeness (QED) is 0.692. The van der Waals surface area contributed by atoms with Gasteiger partial charge in [0.25, 0.3) is 0 Å². The summed E-state index contributed by atoms with van der Waals surface area (Å²) in [6.07, 6.45) is 0. The summed E-state index contributed by atoms with van der Waals surface area (Å²) in [6.45, 7) is 6.37. The fourth-order valence-corrected chi connectivity index (χ4v) is 1.18. The molecule has 0 radical (unpaired) electrons. The summed E-state index contributed by atoms with van der Waals surface area (Å²) in [5, 5.41) is 2.45. The first-order valence-electron chi connectivity index (χ1n) is 4.79. The van der Waals surface area contributed by atoms with E-state index in [-0.39, 0.29) is 43.4 Å². The van der Waals surface area contributed by atoms with Gasteiger partial charge in [-0.15, -0.1) is 12.4 Å². The number of nitrogens with one attached hydrogen (secondary N) is 1. The third-order valence-corrected chi connectivity index (χ3v) is 1.91. The van der Waals surface area contributed by atoms with E-state index in [0.717, 1.165) is 0 Å². The zero-order chi connectivity index (χ0) is 11.1. The van der Waals surface area contributed by atoms with Crippen LogP contribution in [0.2, 0.25) is 0 Å². The van der Waals surface area contributed by atoms with Crippen LogP contribution in [0.25, 0.3) is 0 Å². The number of carbonyl (C=O) groups is 2. The lowest BCUT2D eigenvalue weighted by molar-refractivity contribution is -0.133. The Labute approximate surface area is 96.8 Å². The highest BCUT2D eigenvalue weighted by atomic mass is 35.5. The van der Waals surface area contributed by atoms with Gasteiger partial charge in [0.2, 0.25) is 11.8 Å². The molecule has 6 heteroatoms. The maximum Gasteiger partial charge on any atom is 0.242 e. The van der Waals surface area contributed by atoms with Crippen LogP contribution in [0.5, 0.6) is 0 Å². The zero-order valence-corrected chi connectivity index (χ0v) is 10.3. The Morgan fingerprint density at radius 3 is 2.27 bits per heavy atom. The summed E-state index contributed by atoms with van der Waals surface area (Å²) in [7, 11) is 0. The van der Waals surface area contributed by atoms with Gasteiger partial charge in [0.05, 0.1) is 13.1 Å². The van der Waals surface area contributed by atoms with Crippen molar-refractivity contribution in [2.24, 2.45) is 5.73 Å². The topological polar surface area (TPSA) is 75.4 Å². The number of carbonyl (C=O) groups excluding carboxylic acids is 2. The van der Waals surface area contributed by atoms with E-state index in [1.807, 2.05) is 20.8 Å². The summed E-state index contributed by atoms with van der Waals surface area (Å²) in [4.78, 5) is 24.0. The average Bonchev–Trinajstić information content (AvgIpc) is 2.14. The van der Waals surface area contributed by atoms with Gasteiger partial charge < -0.3 is 16.0 Å². The van der Waals surface area contributed by atoms with E-state index in [1.54, 1.807) is 4.90 Å². The van der Waals surface area contributed by atoms with Crippen molar-refractivity contribution in [1.82, 2.24) is 10.2 Å². The molecule has 0 unspecified atom stereocenters. The maximum absolute atomic E-state index is 11.5. The Balaban J connectivity index is 0. The van der Waals surface area contributed by atoms with Gasteiger partial charge in [0.1, 0.15) is 0 Å². The van der Waals surface area contributed by atoms with Gasteiger partial charge in [0, 0.05) is 12.6 Å².